The number of rotatable bonds is 6. The largest absolute Gasteiger partial charge is 0.493 e. The lowest BCUT2D eigenvalue weighted by Gasteiger charge is -2.30. The lowest BCUT2D eigenvalue weighted by Crippen LogP contribution is -2.37. The van der Waals surface area contributed by atoms with Crippen LogP contribution in [0.5, 0.6) is 11.5 Å². The van der Waals surface area contributed by atoms with Crippen LogP contribution < -0.4 is 9.47 Å². The fourth-order valence-electron chi connectivity index (χ4n) is 2.23. The van der Waals surface area contributed by atoms with Gasteiger partial charge in [-0.3, -0.25) is 0 Å². The molecule has 1 fully saturated rings. The minimum atomic E-state index is -0.351. The maximum atomic E-state index is 13.7. The molecule has 0 aliphatic carbocycles. The lowest BCUT2D eigenvalue weighted by molar-refractivity contribution is 0.179. The van der Waals surface area contributed by atoms with E-state index in [9.17, 15) is 4.39 Å². The molecule has 100 valence electrons. The van der Waals surface area contributed by atoms with Crippen LogP contribution in [0.1, 0.15) is 18.4 Å². The minimum Gasteiger partial charge on any atom is -0.493 e. The Morgan fingerprint density at radius 3 is 2.56 bits per heavy atom. The van der Waals surface area contributed by atoms with Crippen LogP contribution in [-0.2, 0) is 6.42 Å². The van der Waals surface area contributed by atoms with Crippen LogP contribution in [0.3, 0.4) is 0 Å². The molecule has 0 radical (unpaired) electrons. The second kappa shape index (κ2) is 6.05. The molecule has 1 aromatic carbocycles. The van der Waals surface area contributed by atoms with Crippen molar-refractivity contribution in [3.63, 3.8) is 0 Å². The molecular weight excluding hydrogens is 233 g/mol. The highest BCUT2D eigenvalue weighted by atomic mass is 19.1. The Labute approximate surface area is 107 Å². The van der Waals surface area contributed by atoms with Gasteiger partial charge in [-0.15, -0.1) is 0 Å². The van der Waals surface area contributed by atoms with Crippen LogP contribution >= 0.6 is 0 Å². The molecule has 0 N–H and O–H groups in total. The molecule has 0 unspecified atom stereocenters. The van der Waals surface area contributed by atoms with Crippen molar-refractivity contribution in [2.24, 2.45) is 0 Å². The monoisotopic (exact) mass is 253 g/mol. The average Bonchev–Trinajstić information content (AvgIpc) is 2.31. The van der Waals surface area contributed by atoms with Crippen LogP contribution in [0.25, 0.3) is 0 Å². The van der Waals surface area contributed by atoms with E-state index in [1.54, 1.807) is 0 Å². The zero-order chi connectivity index (χ0) is 13.0. The number of likely N-dealkylation sites (tertiary alicyclic amines) is 1. The Balaban J connectivity index is 1.96. The van der Waals surface area contributed by atoms with Gasteiger partial charge in [0.05, 0.1) is 14.2 Å². The van der Waals surface area contributed by atoms with E-state index < -0.39 is 0 Å². The Morgan fingerprint density at radius 2 is 2.00 bits per heavy atom. The van der Waals surface area contributed by atoms with Gasteiger partial charge < -0.3 is 14.4 Å². The Bertz CT molecular complexity index is 405. The van der Waals surface area contributed by atoms with E-state index in [-0.39, 0.29) is 11.6 Å². The predicted molar refractivity (Wildman–Crippen MR) is 68.9 cm³/mol. The zero-order valence-corrected chi connectivity index (χ0v) is 11.0. The number of ether oxygens (including phenoxy) is 2. The van der Waals surface area contributed by atoms with Crippen molar-refractivity contribution in [3.8, 4) is 11.5 Å². The third kappa shape index (κ3) is 2.93. The molecule has 3 nitrogen and oxygen atoms in total. The van der Waals surface area contributed by atoms with E-state index in [1.807, 2.05) is 6.07 Å². The van der Waals surface area contributed by atoms with Gasteiger partial charge in [0.2, 0.25) is 0 Å². The first-order valence-corrected chi connectivity index (χ1v) is 6.37. The number of methoxy groups -OCH3 is 2. The first-order chi connectivity index (χ1) is 8.74. The van der Waals surface area contributed by atoms with Gasteiger partial charge in [0, 0.05) is 0 Å². The highest BCUT2D eigenvalue weighted by Crippen LogP contribution is 2.31. The third-order valence-corrected chi connectivity index (χ3v) is 3.38. The van der Waals surface area contributed by atoms with Crippen molar-refractivity contribution >= 4 is 0 Å². The van der Waals surface area contributed by atoms with Crippen LogP contribution in [0.4, 0.5) is 4.39 Å². The van der Waals surface area contributed by atoms with Gasteiger partial charge in [-0.25, -0.2) is 4.39 Å². The molecule has 2 rings (SSSR count). The van der Waals surface area contributed by atoms with Crippen LogP contribution in [0, 0.1) is 5.82 Å². The highest BCUT2D eigenvalue weighted by Gasteiger charge is 2.14. The van der Waals surface area contributed by atoms with Gasteiger partial charge in [-0.2, -0.15) is 0 Å². The first kappa shape index (κ1) is 13.1. The summed E-state index contributed by atoms with van der Waals surface area (Å²) in [5.74, 6) is 0.302. The second-order valence-electron chi connectivity index (χ2n) is 4.61. The van der Waals surface area contributed by atoms with Crippen molar-refractivity contribution in [1.29, 1.82) is 0 Å². The normalized spacial score (nSPS) is 15.3. The quantitative estimate of drug-likeness (QED) is 0.777. The van der Waals surface area contributed by atoms with Gasteiger partial charge in [0.15, 0.2) is 17.3 Å². The zero-order valence-electron chi connectivity index (χ0n) is 11.0. The van der Waals surface area contributed by atoms with E-state index in [0.717, 1.165) is 24.9 Å². The average molecular weight is 253 g/mol. The maximum absolute atomic E-state index is 13.7. The molecule has 1 heterocycles. The van der Waals surface area contributed by atoms with Crippen LogP contribution in [-0.4, -0.2) is 38.8 Å². The number of nitrogens with zero attached hydrogens (tertiary/aromatic N) is 1. The van der Waals surface area contributed by atoms with Crippen molar-refractivity contribution in [3.05, 3.63) is 23.5 Å². The van der Waals surface area contributed by atoms with E-state index in [2.05, 4.69) is 4.90 Å². The fraction of sp³-hybridized carbons (Fsp3) is 0.571. The first-order valence-electron chi connectivity index (χ1n) is 6.37. The molecule has 1 saturated heterocycles. The number of hydrogen-bond donors (Lipinski definition) is 0. The fourth-order valence-corrected chi connectivity index (χ4v) is 2.23. The Kier molecular flexibility index (Phi) is 4.42. The van der Waals surface area contributed by atoms with Gasteiger partial charge >= 0.3 is 0 Å². The summed E-state index contributed by atoms with van der Waals surface area (Å²) in [5, 5.41) is 0. The summed E-state index contributed by atoms with van der Waals surface area (Å²) in [6.07, 6.45) is 3.23. The topological polar surface area (TPSA) is 21.7 Å². The Hall–Kier alpha value is -1.29. The van der Waals surface area contributed by atoms with E-state index >= 15 is 0 Å². The minimum absolute atomic E-state index is 0.184. The standard InChI is InChI=1S/C14H20FNO2/c1-17-13-10-11(9-12(15)14(13)18-2)5-3-6-16-7-4-8-16/h9-10H,3-8H2,1-2H3. The number of aryl methyl sites for hydroxylation is 1. The molecule has 0 spiro atoms. The van der Waals surface area contributed by atoms with E-state index in [4.69, 9.17) is 9.47 Å². The number of hydrogen-bond acceptors (Lipinski definition) is 3. The van der Waals surface area contributed by atoms with Crippen LogP contribution in [0.15, 0.2) is 12.1 Å². The molecule has 0 bridgehead atoms. The van der Waals surface area contributed by atoms with Crippen molar-refractivity contribution in [1.82, 2.24) is 4.90 Å². The van der Waals surface area contributed by atoms with Crippen molar-refractivity contribution in [2.45, 2.75) is 19.3 Å². The van der Waals surface area contributed by atoms with Gasteiger partial charge in [-0.05, 0) is 56.6 Å². The summed E-state index contributed by atoms with van der Waals surface area (Å²) in [5.41, 5.74) is 0.964. The van der Waals surface area contributed by atoms with Crippen LogP contribution in [0.2, 0.25) is 0 Å². The Morgan fingerprint density at radius 1 is 1.22 bits per heavy atom. The van der Waals surface area contributed by atoms with E-state index in [0.29, 0.717) is 5.75 Å². The number of benzene rings is 1. The molecule has 1 aliphatic rings. The SMILES string of the molecule is COc1cc(CCCN2CCC2)cc(F)c1OC. The van der Waals surface area contributed by atoms with Gasteiger partial charge in [-0.1, -0.05) is 0 Å². The molecule has 1 aliphatic heterocycles. The van der Waals surface area contributed by atoms with Gasteiger partial charge in [0.25, 0.3) is 0 Å². The molecular formula is C14H20FNO2. The summed E-state index contributed by atoms with van der Waals surface area (Å²) >= 11 is 0. The molecule has 0 aromatic heterocycles. The molecule has 4 heteroatoms. The molecule has 18 heavy (non-hydrogen) atoms. The third-order valence-electron chi connectivity index (χ3n) is 3.38. The van der Waals surface area contributed by atoms with E-state index in [1.165, 1.54) is 39.8 Å². The summed E-state index contributed by atoms with van der Waals surface area (Å²) < 4.78 is 23.9. The summed E-state index contributed by atoms with van der Waals surface area (Å²) in [7, 11) is 2.98. The molecule has 0 amide bonds. The van der Waals surface area contributed by atoms with Crippen molar-refractivity contribution < 1.29 is 13.9 Å². The molecule has 0 atom stereocenters. The summed E-state index contributed by atoms with van der Waals surface area (Å²) in [4.78, 5) is 2.41. The maximum Gasteiger partial charge on any atom is 0.196 e. The summed E-state index contributed by atoms with van der Waals surface area (Å²) in [6.45, 7) is 3.51. The predicted octanol–water partition coefficient (Wildman–Crippen LogP) is 2.48. The molecule has 1 aromatic rings. The van der Waals surface area contributed by atoms with Crippen molar-refractivity contribution in [2.75, 3.05) is 33.9 Å². The summed E-state index contributed by atoms with van der Waals surface area (Å²) in [6, 6.07) is 3.40. The van der Waals surface area contributed by atoms with Gasteiger partial charge in [0.1, 0.15) is 0 Å². The smallest absolute Gasteiger partial charge is 0.196 e. The number of halogens is 1. The highest BCUT2D eigenvalue weighted by molar-refractivity contribution is 5.44. The second-order valence-corrected chi connectivity index (χ2v) is 4.61. The molecule has 0 saturated carbocycles. The lowest BCUT2D eigenvalue weighted by atomic mass is 10.1.